The predicted octanol–water partition coefficient (Wildman–Crippen LogP) is 4.18. The number of carbonyl (C=O) groups excluding carboxylic acids is 1. The van der Waals surface area contributed by atoms with Crippen molar-refractivity contribution in [3.8, 4) is 16.3 Å². The minimum Gasteiger partial charge on any atom is -0.435 e. The van der Waals surface area contributed by atoms with Gasteiger partial charge in [0, 0.05) is 28.4 Å². The van der Waals surface area contributed by atoms with Crippen molar-refractivity contribution in [3.63, 3.8) is 0 Å². The average Bonchev–Trinajstić information content (AvgIpc) is 3.22. The molecule has 4 aromatic rings. The molecule has 9 heteroatoms. The molecule has 0 saturated heterocycles. The molecule has 0 aliphatic carbocycles. The number of rotatable bonds is 6. The zero-order valence-corrected chi connectivity index (χ0v) is 15.1. The number of ether oxygens (including phenoxy) is 1. The molecule has 0 amide bonds. The number of fused-ring (bicyclic) bond motifs is 1. The fourth-order valence-corrected chi connectivity index (χ4v) is 3.21. The number of Topliss-reactive ketones (excluding diaryl/α,β-unsaturated/α-hetero) is 1. The van der Waals surface area contributed by atoms with Crippen molar-refractivity contribution < 1.29 is 18.3 Å². The average molecular weight is 398 g/mol. The van der Waals surface area contributed by atoms with Crippen LogP contribution >= 0.6 is 11.3 Å². The van der Waals surface area contributed by atoms with Crippen LogP contribution in [0.25, 0.3) is 21.5 Å². The number of hydrogen-bond acceptors (Lipinski definition) is 7. The smallest absolute Gasteiger partial charge is 0.387 e. The Morgan fingerprint density at radius 3 is 2.64 bits per heavy atom. The van der Waals surface area contributed by atoms with Gasteiger partial charge in [0.2, 0.25) is 0 Å². The Morgan fingerprint density at radius 1 is 1.11 bits per heavy atom. The third-order valence-electron chi connectivity index (χ3n) is 3.97. The molecular weight excluding hydrogens is 386 g/mol. The normalized spacial score (nSPS) is 11.1. The van der Waals surface area contributed by atoms with E-state index in [-0.39, 0.29) is 18.0 Å². The fourth-order valence-electron chi connectivity index (χ4n) is 2.68. The van der Waals surface area contributed by atoms with Crippen LogP contribution in [-0.4, -0.2) is 32.6 Å². The summed E-state index contributed by atoms with van der Waals surface area (Å²) in [6.07, 6.45) is 3.40. The molecule has 6 nitrogen and oxygen atoms in total. The molecule has 0 fully saturated rings. The molecule has 0 aliphatic rings. The summed E-state index contributed by atoms with van der Waals surface area (Å²) in [6, 6.07) is 9.32. The number of nitrogens with zero attached hydrogens (tertiary/aromatic N) is 4. The maximum atomic E-state index is 12.5. The van der Waals surface area contributed by atoms with Gasteiger partial charge >= 0.3 is 6.61 Å². The quantitative estimate of drug-likeness (QED) is 0.454. The standard InChI is InChI=1S/C19H12F2N4O2S/c20-19(21)27-15-3-1-11(2-4-15)17(26)7-14-6-12-5-13(18-25-24-10-28-18)8-23-16(12)9-22-14/h1-6,8-10,19H,7H2. The van der Waals surface area contributed by atoms with E-state index in [1.165, 1.54) is 35.6 Å². The Balaban J connectivity index is 1.54. The molecule has 4 rings (SSSR count). The van der Waals surface area contributed by atoms with Crippen molar-refractivity contribution in [2.75, 3.05) is 0 Å². The molecule has 0 radical (unpaired) electrons. The lowest BCUT2D eigenvalue weighted by Crippen LogP contribution is -2.06. The van der Waals surface area contributed by atoms with E-state index in [0.717, 1.165) is 16.0 Å². The highest BCUT2D eigenvalue weighted by atomic mass is 32.1. The maximum Gasteiger partial charge on any atom is 0.387 e. The molecule has 3 aromatic heterocycles. The minimum atomic E-state index is -2.90. The van der Waals surface area contributed by atoms with Gasteiger partial charge in [0.05, 0.1) is 18.1 Å². The molecule has 3 heterocycles. The third-order valence-corrected chi connectivity index (χ3v) is 4.71. The van der Waals surface area contributed by atoms with Crippen molar-refractivity contribution in [2.45, 2.75) is 13.0 Å². The Kier molecular flexibility index (Phi) is 4.98. The molecule has 0 N–H and O–H groups in total. The van der Waals surface area contributed by atoms with E-state index < -0.39 is 6.61 Å². The van der Waals surface area contributed by atoms with Gasteiger partial charge in [-0.15, -0.1) is 10.2 Å². The summed E-state index contributed by atoms with van der Waals surface area (Å²) in [6.45, 7) is -2.90. The number of hydrogen-bond donors (Lipinski definition) is 0. The van der Waals surface area contributed by atoms with Crippen LogP contribution in [0.3, 0.4) is 0 Å². The monoisotopic (exact) mass is 398 g/mol. The molecule has 28 heavy (non-hydrogen) atoms. The first-order valence-corrected chi connectivity index (χ1v) is 9.06. The van der Waals surface area contributed by atoms with Crippen LogP contribution in [0.5, 0.6) is 5.75 Å². The van der Waals surface area contributed by atoms with Crippen molar-refractivity contribution in [1.29, 1.82) is 0 Å². The fraction of sp³-hybridized carbons (Fsp3) is 0.105. The van der Waals surface area contributed by atoms with E-state index in [0.29, 0.717) is 16.8 Å². The van der Waals surface area contributed by atoms with Crippen molar-refractivity contribution in [2.24, 2.45) is 0 Å². The number of benzene rings is 1. The summed E-state index contributed by atoms with van der Waals surface area (Å²) in [5.74, 6) is -0.172. The number of aromatic nitrogens is 4. The first kappa shape index (κ1) is 18.1. The van der Waals surface area contributed by atoms with Crippen LogP contribution in [0, 0.1) is 0 Å². The van der Waals surface area contributed by atoms with Crippen LogP contribution in [0.2, 0.25) is 0 Å². The molecule has 0 saturated carbocycles. The molecule has 1 aromatic carbocycles. The number of ketones is 1. The second-order valence-corrected chi connectivity index (χ2v) is 6.67. The van der Waals surface area contributed by atoms with Gasteiger partial charge in [-0.3, -0.25) is 14.8 Å². The Morgan fingerprint density at radius 2 is 1.93 bits per heavy atom. The van der Waals surface area contributed by atoms with Gasteiger partial charge in [0.25, 0.3) is 0 Å². The third kappa shape index (κ3) is 3.99. The number of pyridine rings is 2. The van der Waals surface area contributed by atoms with Crippen molar-refractivity contribution in [1.82, 2.24) is 20.2 Å². The lowest BCUT2D eigenvalue weighted by Gasteiger charge is -2.06. The van der Waals surface area contributed by atoms with Crippen LogP contribution < -0.4 is 4.74 Å². The highest BCUT2D eigenvalue weighted by Gasteiger charge is 2.11. The number of alkyl halides is 2. The zero-order chi connectivity index (χ0) is 19.5. The van der Waals surface area contributed by atoms with E-state index >= 15 is 0 Å². The van der Waals surface area contributed by atoms with E-state index in [1.807, 2.05) is 6.07 Å². The summed E-state index contributed by atoms with van der Waals surface area (Å²) < 4.78 is 28.7. The summed E-state index contributed by atoms with van der Waals surface area (Å²) in [5.41, 5.74) is 4.17. The lowest BCUT2D eigenvalue weighted by molar-refractivity contribution is -0.0498. The Hall–Kier alpha value is -3.33. The van der Waals surface area contributed by atoms with Gasteiger partial charge in [-0.05, 0) is 36.4 Å². The van der Waals surface area contributed by atoms with Crippen molar-refractivity contribution in [3.05, 3.63) is 65.6 Å². The first-order valence-electron chi connectivity index (χ1n) is 8.18. The molecule has 0 unspecified atom stereocenters. The van der Waals surface area contributed by atoms with Gasteiger partial charge in [0.15, 0.2) is 5.78 Å². The summed E-state index contributed by atoms with van der Waals surface area (Å²) in [5, 5.41) is 9.45. The SMILES string of the molecule is O=C(Cc1cc2cc(-c3nncs3)cnc2cn1)c1ccc(OC(F)F)cc1. The van der Waals surface area contributed by atoms with Gasteiger partial charge < -0.3 is 4.74 Å². The lowest BCUT2D eigenvalue weighted by atomic mass is 10.0. The maximum absolute atomic E-state index is 12.5. The van der Waals surface area contributed by atoms with Crippen LogP contribution in [0.15, 0.2) is 54.3 Å². The van der Waals surface area contributed by atoms with E-state index in [9.17, 15) is 13.6 Å². The second-order valence-electron chi connectivity index (χ2n) is 5.84. The summed E-state index contributed by atoms with van der Waals surface area (Å²) in [7, 11) is 0. The van der Waals surface area contributed by atoms with E-state index in [4.69, 9.17) is 0 Å². The van der Waals surface area contributed by atoms with E-state index in [1.54, 1.807) is 24.0 Å². The molecule has 140 valence electrons. The highest BCUT2D eigenvalue weighted by molar-refractivity contribution is 7.12. The van der Waals surface area contributed by atoms with Gasteiger partial charge in [0.1, 0.15) is 16.3 Å². The van der Waals surface area contributed by atoms with Crippen molar-refractivity contribution >= 4 is 28.0 Å². The van der Waals surface area contributed by atoms with E-state index in [2.05, 4.69) is 24.9 Å². The predicted molar refractivity (Wildman–Crippen MR) is 99.5 cm³/mol. The highest BCUT2D eigenvalue weighted by Crippen LogP contribution is 2.24. The van der Waals surface area contributed by atoms with Gasteiger partial charge in [-0.2, -0.15) is 8.78 Å². The Labute approximate surface area is 161 Å². The molecule has 0 aliphatic heterocycles. The topological polar surface area (TPSA) is 77.9 Å². The molecule has 0 atom stereocenters. The van der Waals surface area contributed by atoms with Crippen LogP contribution in [-0.2, 0) is 6.42 Å². The molecule has 0 spiro atoms. The zero-order valence-electron chi connectivity index (χ0n) is 14.3. The Bertz CT molecular complexity index is 1120. The first-order chi connectivity index (χ1) is 13.6. The second kappa shape index (κ2) is 7.73. The van der Waals surface area contributed by atoms with Gasteiger partial charge in [-0.25, -0.2) is 0 Å². The van der Waals surface area contributed by atoms with Crippen LogP contribution in [0.4, 0.5) is 8.78 Å². The number of halogens is 2. The summed E-state index contributed by atoms with van der Waals surface area (Å²) in [4.78, 5) is 21.1. The largest absolute Gasteiger partial charge is 0.435 e. The molecular formula is C19H12F2N4O2S. The number of carbonyl (C=O) groups is 1. The molecule has 0 bridgehead atoms. The summed E-state index contributed by atoms with van der Waals surface area (Å²) >= 11 is 1.41. The van der Waals surface area contributed by atoms with Crippen LogP contribution in [0.1, 0.15) is 16.1 Å². The van der Waals surface area contributed by atoms with Gasteiger partial charge in [-0.1, -0.05) is 11.3 Å². The minimum absolute atomic E-state index is 0.00524.